The molecule has 0 aromatic heterocycles. The molecular formula is C23H35FN2O2. The van der Waals surface area contributed by atoms with E-state index in [9.17, 15) is 9.18 Å². The van der Waals surface area contributed by atoms with Crippen molar-refractivity contribution in [2.75, 3.05) is 25.4 Å². The smallest absolute Gasteiger partial charge is 0.309 e. The molecule has 1 saturated carbocycles. The maximum Gasteiger partial charge on any atom is 0.309 e. The Morgan fingerprint density at radius 3 is 2.36 bits per heavy atom. The zero-order chi connectivity index (χ0) is 20.3. The summed E-state index contributed by atoms with van der Waals surface area (Å²) in [6, 6.07) is 5.08. The number of carbonyl (C=O) groups excluding carboxylic acids is 1. The van der Waals surface area contributed by atoms with Crippen molar-refractivity contribution in [3.8, 4) is 0 Å². The van der Waals surface area contributed by atoms with Crippen molar-refractivity contribution in [1.82, 2.24) is 4.90 Å². The monoisotopic (exact) mass is 390 g/mol. The molecular weight excluding hydrogens is 355 g/mol. The number of halogens is 1. The predicted molar refractivity (Wildman–Crippen MR) is 111 cm³/mol. The van der Waals surface area contributed by atoms with Crippen LogP contribution in [0.5, 0.6) is 0 Å². The standard InChI is InChI=1S/C23H35FN2O2/c1-23(2,3)28-22(27)18-6-4-16(5-7-18)15-26-12-10-17(11-13-26)20-9-8-19(25)14-21(20)24/h8-9,14,16-18H,4-7,10-13,15,25H2,1-3H3/t16-,18-. The highest BCUT2D eigenvalue weighted by Gasteiger charge is 2.31. The van der Waals surface area contributed by atoms with E-state index in [2.05, 4.69) is 4.90 Å². The summed E-state index contributed by atoms with van der Waals surface area (Å²) in [7, 11) is 0. The van der Waals surface area contributed by atoms with Gasteiger partial charge < -0.3 is 15.4 Å². The number of nitrogen functional groups attached to an aromatic ring is 1. The average molecular weight is 391 g/mol. The number of benzene rings is 1. The number of esters is 1. The number of ether oxygens (including phenoxy) is 1. The van der Waals surface area contributed by atoms with E-state index in [-0.39, 0.29) is 17.7 Å². The molecule has 0 unspecified atom stereocenters. The van der Waals surface area contributed by atoms with Crippen LogP contribution >= 0.6 is 0 Å². The highest BCUT2D eigenvalue weighted by Crippen LogP contribution is 2.34. The lowest BCUT2D eigenvalue weighted by atomic mass is 9.81. The first-order valence-corrected chi connectivity index (χ1v) is 10.7. The summed E-state index contributed by atoms with van der Waals surface area (Å²) in [6.07, 6.45) is 6.05. The van der Waals surface area contributed by atoms with Crippen molar-refractivity contribution in [1.29, 1.82) is 0 Å². The molecule has 1 aliphatic heterocycles. The SMILES string of the molecule is CC(C)(C)OC(=O)[C@H]1CC[C@H](CN2CCC(c3ccc(N)cc3F)CC2)CC1. The quantitative estimate of drug-likeness (QED) is 0.596. The minimum atomic E-state index is -0.401. The van der Waals surface area contributed by atoms with Crippen LogP contribution in [0.1, 0.15) is 70.8 Å². The van der Waals surface area contributed by atoms with Gasteiger partial charge in [-0.1, -0.05) is 6.07 Å². The number of carbonyl (C=O) groups is 1. The lowest BCUT2D eigenvalue weighted by molar-refractivity contribution is -0.161. The Balaban J connectivity index is 1.42. The molecule has 1 heterocycles. The van der Waals surface area contributed by atoms with Crippen LogP contribution in [0, 0.1) is 17.7 Å². The van der Waals surface area contributed by atoms with Crippen molar-refractivity contribution in [2.45, 2.75) is 70.8 Å². The minimum absolute atomic E-state index is 0.0303. The van der Waals surface area contributed by atoms with E-state index in [0.29, 0.717) is 17.5 Å². The van der Waals surface area contributed by atoms with E-state index < -0.39 is 5.60 Å². The predicted octanol–water partition coefficient (Wildman–Crippen LogP) is 4.74. The van der Waals surface area contributed by atoms with Gasteiger partial charge in [0.25, 0.3) is 0 Å². The number of hydrogen-bond acceptors (Lipinski definition) is 4. The van der Waals surface area contributed by atoms with E-state index in [0.717, 1.165) is 63.7 Å². The highest BCUT2D eigenvalue weighted by atomic mass is 19.1. The fraction of sp³-hybridized carbons (Fsp3) is 0.696. The molecule has 3 rings (SSSR count). The Morgan fingerprint density at radius 1 is 1.14 bits per heavy atom. The summed E-state index contributed by atoms with van der Waals surface area (Å²) in [5.41, 5.74) is 6.56. The van der Waals surface area contributed by atoms with Gasteiger partial charge in [0, 0.05) is 12.2 Å². The Hall–Kier alpha value is -1.62. The van der Waals surface area contributed by atoms with Gasteiger partial charge in [-0.15, -0.1) is 0 Å². The maximum absolute atomic E-state index is 14.2. The molecule has 0 atom stereocenters. The van der Waals surface area contributed by atoms with Gasteiger partial charge in [0.1, 0.15) is 11.4 Å². The van der Waals surface area contributed by atoms with Crippen LogP contribution in [-0.4, -0.2) is 36.1 Å². The molecule has 28 heavy (non-hydrogen) atoms. The van der Waals surface area contributed by atoms with Gasteiger partial charge in [-0.05, 0) is 102 Å². The summed E-state index contributed by atoms with van der Waals surface area (Å²) in [4.78, 5) is 14.8. The van der Waals surface area contributed by atoms with Crippen molar-refractivity contribution in [3.05, 3.63) is 29.6 Å². The molecule has 0 bridgehead atoms. The van der Waals surface area contributed by atoms with E-state index in [4.69, 9.17) is 10.5 Å². The van der Waals surface area contributed by atoms with Gasteiger partial charge >= 0.3 is 5.97 Å². The first-order valence-electron chi connectivity index (χ1n) is 10.7. The topological polar surface area (TPSA) is 55.6 Å². The Bertz CT molecular complexity index is 670. The second-order valence-electron chi connectivity index (χ2n) is 9.61. The van der Waals surface area contributed by atoms with Crippen molar-refractivity contribution in [2.24, 2.45) is 11.8 Å². The van der Waals surface area contributed by atoms with Gasteiger partial charge in [0.15, 0.2) is 0 Å². The molecule has 4 nitrogen and oxygen atoms in total. The zero-order valence-corrected chi connectivity index (χ0v) is 17.5. The number of rotatable bonds is 4. The van der Waals surface area contributed by atoms with Crippen LogP contribution in [0.2, 0.25) is 0 Å². The third-order valence-electron chi connectivity index (χ3n) is 6.16. The minimum Gasteiger partial charge on any atom is -0.460 e. The summed E-state index contributed by atoms with van der Waals surface area (Å²) in [5, 5.41) is 0. The van der Waals surface area contributed by atoms with Crippen molar-refractivity contribution >= 4 is 11.7 Å². The average Bonchev–Trinajstić information content (AvgIpc) is 2.62. The summed E-state index contributed by atoms with van der Waals surface area (Å²) in [6.45, 7) is 8.90. The molecule has 1 saturated heterocycles. The van der Waals surface area contributed by atoms with E-state index in [1.807, 2.05) is 26.8 Å². The van der Waals surface area contributed by atoms with Crippen LogP contribution in [0.3, 0.4) is 0 Å². The largest absolute Gasteiger partial charge is 0.460 e. The number of anilines is 1. The maximum atomic E-state index is 14.2. The number of hydrogen-bond donors (Lipinski definition) is 1. The molecule has 1 aromatic rings. The molecule has 2 fully saturated rings. The number of nitrogens with two attached hydrogens (primary N) is 1. The van der Waals surface area contributed by atoms with E-state index in [1.54, 1.807) is 6.07 Å². The molecule has 156 valence electrons. The van der Waals surface area contributed by atoms with Gasteiger partial charge in [-0.2, -0.15) is 0 Å². The molecule has 1 aromatic carbocycles. The van der Waals surface area contributed by atoms with Gasteiger partial charge in [0.2, 0.25) is 0 Å². The highest BCUT2D eigenvalue weighted by molar-refractivity contribution is 5.72. The number of likely N-dealkylation sites (tertiary alicyclic amines) is 1. The first-order chi connectivity index (χ1) is 13.2. The molecule has 1 aliphatic carbocycles. The summed E-state index contributed by atoms with van der Waals surface area (Å²) in [5.74, 6) is 0.814. The number of piperidine rings is 1. The van der Waals surface area contributed by atoms with E-state index >= 15 is 0 Å². The van der Waals surface area contributed by atoms with Crippen LogP contribution in [0.15, 0.2) is 18.2 Å². The van der Waals surface area contributed by atoms with E-state index in [1.165, 1.54) is 6.07 Å². The molecule has 5 heteroatoms. The fourth-order valence-corrected chi connectivity index (χ4v) is 4.63. The molecule has 0 radical (unpaired) electrons. The van der Waals surface area contributed by atoms with Gasteiger partial charge in [-0.3, -0.25) is 4.79 Å². The Labute approximate surface area is 168 Å². The van der Waals surface area contributed by atoms with Crippen LogP contribution in [-0.2, 0) is 9.53 Å². The summed E-state index contributed by atoms with van der Waals surface area (Å²) < 4.78 is 19.7. The second-order valence-corrected chi connectivity index (χ2v) is 9.61. The lowest BCUT2D eigenvalue weighted by Crippen LogP contribution is -2.38. The Morgan fingerprint density at radius 2 is 1.79 bits per heavy atom. The second kappa shape index (κ2) is 8.81. The third-order valence-corrected chi connectivity index (χ3v) is 6.16. The lowest BCUT2D eigenvalue weighted by Gasteiger charge is -2.36. The van der Waals surface area contributed by atoms with Gasteiger partial charge in [-0.25, -0.2) is 4.39 Å². The number of nitrogens with zero attached hydrogens (tertiary/aromatic N) is 1. The first kappa shape index (κ1) is 21.1. The molecule has 2 N–H and O–H groups in total. The molecule has 0 amide bonds. The van der Waals surface area contributed by atoms with Crippen molar-refractivity contribution < 1.29 is 13.9 Å². The third kappa shape index (κ3) is 5.69. The van der Waals surface area contributed by atoms with Crippen LogP contribution in [0.25, 0.3) is 0 Å². The molecule has 2 aliphatic rings. The van der Waals surface area contributed by atoms with Crippen molar-refractivity contribution in [3.63, 3.8) is 0 Å². The normalized spacial score (nSPS) is 24.9. The van der Waals surface area contributed by atoms with Crippen LogP contribution < -0.4 is 5.73 Å². The Kier molecular flexibility index (Phi) is 6.64. The fourth-order valence-electron chi connectivity index (χ4n) is 4.63. The van der Waals surface area contributed by atoms with Crippen LogP contribution in [0.4, 0.5) is 10.1 Å². The molecule has 0 spiro atoms. The summed E-state index contributed by atoms with van der Waals surface area (Å²) >= 11 is 0. The van der Waals surface area contributed by atoms with Gasteiger partial charge in [0.05, 0.1) is 5.92 Å². The zero-order valence-electron chi connectivity index (χ0n) is 17.5.